The number of benzene rings is 1. The molecule has 1 radical (unpaired) electrons. The van der Waals surface area contributed by atoms with Crippen LogP contribution in [0.2, 0.25) is 0 Å². The van der Waals surface area contributed by atoms with Gasteiger partial charge in [0.15, 0.2) is 0 Å². The Bertz CT molecular complexity index is 387. The van der Waals surface area contributed by atoms with E-state index in [0.717, 1.165) is 14.7 Å². The predicted molar refractivity (Wildman–Crippen MR) is 51.1 cm³/mol. The van der Waals surface area contributed by atoms with Crippen molar-refractivity contribution >= 4 is 33.6 Å². The highest BCUT2D eigenvalue weighted by Gasteiger charge is 1.94. The van der Waals surface area contributed by atoms with Gasteiger partial charge in [-0.15, -0.1) is 0 Å². The van der Waals surface area contributed by atoms with Crippen LogP contribution in [0.5, 0.6) is 0 Å². The van der Waals surface area contributed by atoms with E-state index in [4.69, 9.17) is 0 Å². The third kappa shape index (κ3) is 1.33. The summed E-state index contributed by atoms with van der Waals surface area (Å²) in [6.07, 6.45) is 2.80. The third-order valence-electron chi connectivity index (χ3n) is 1.37. The van der Waals surface area contributed by atoms with Crippen molar-refractivity contribution in [2.75, 3.05) is 0 Å². The maximum atomic E-state index is 4.24. The number of halogens is 1. The Kier molecular flexibility index (Phi) is 1.73. The van der Waals surface area contributed by atoms with Gasteiger partial charge in [0.1, 0.15) is 9.90 Å². The highest BCUT2D eigenvalue weighted by atomic mass is 127. The molecule has 53 valence electrons. The molecule has 2 aromatic rings. The minimum atomic E-state index is 0.807. The van der Waals surface area contributed by atoms with Gasteiger partial charge in [-0.2, -0.15) is 0 Å². The first-order valence-electron chi connectivity index (χ1n) is 3.16. The second kappa shape index (κ2) is 2.73. The summed E-state index contributed by atoms with van der Waals surface area (Å²) in [5, 5.41) is 0. The van der Waals surface area contributed by atoms with Gasteiger partial charge in [-0.1, -0.05) is 12.1 Å². The van der Waals surface area contributed by atoms with Gasteiger partial charge in [0.25, 0.3) is 0 Å². The highest BCUT2D eigenvalue weighted by molar-refractivity contribution is 14.1. The van der Waals surface area contributed by atoms with E-state index in [1.807, 2.05) is 24.3 Å². The fraction of sp³-hybridized carbons (Fsp3) is 0. The lowest BCUT2D eigenvalue weighted by atomic mass is 10.3. The highest BCUT2D eigenvalue weighted by Crippen LogP contribution is 2.08. The summed E-state index contributed by atoms with van der Waals surface area (Å²) in [4.78, 5) is 8.33. The molecule has 0 amide bonds. The van der Waals surface area contributed by atoms with Gasteiger partial charge < -0.3 is 0 Å². The third-order valence-corrected chi connectivity index (χ3v) is 1.85. The smallest absolute Gasteiger partial charge is 0.130 e. The lowest BCUT2D eigenvalue weighted by molar-refractivity contribution is 1.23. The van der Waals surface area contributed by atoms with Gasteiger partial charge in [0, 0.05) is 0 Å². The first-order chi connectivity index (χ1) is 5.36. The van der Waals surface area contributed by atoms with E-state index in [1.54, 1.807) is 0 Å². The largest absolute Gasteiger partial charge is 0.242 e. The maximum absolute atomic E-state index is 4.24. The molecule has 0 aliphatic heterocycles. The van der Waals surface area contributed by atoms with E-state index >= 15 is 0 Å². The van der Waals surface area contributed by atoms with Crippen LogP contribution >= 0.6 is 22.6 Å². The number of aromatic nitrogens is 2. The molecule has 0 N–H and O–H groups in total. The Labute approximate surface area is 77.8 Å². The number of hydrogen-bond acceptors (Lipinski definition) is 2. The normalized spacial score (nSPS) is 10.3. The average Bonchev–Trinajstić information content (AvgIpc) is 2.04. The Morgan fingerprint density at radius 1 is 1.18 bits per heavy atom. The molecule has 0 aliphatic carbocycles. The van der Waals surface area contributed by atoms with Crippen LogP contribution in [0.1, 0.15) is 0 Å². The molecular weight excluding hydrogens is 251 g/mol. The van der Waals surface area contributed by atoms with Crippen molar-refractivity contribution < 1.29 is 0 Å². The van der Waals surface area contributed by atoms with Gasteiger partial charge in [0.2, 0.25) is 0 Å². The van der Waals surface area contributed by atoms with Crippen molar-refractivity contribution in [1.29, 1.82) is 0 Å². The Morgan fingerprint density at radius 2 is 1.91 bits per heavy atom. The van der Waals surface area contributed by atoms with Crippen LogP contribution in [-0.4, -0.2) is 9.97 Å². The first-order valence-corrected chi connectivity index (χ1v) is 4.24. The van der Waals surface area contributed by atoms with E-state index in [1.165, 1.54) is 0 Å². The maximum Gasteiger partial charge on any atom is 0.130 e. The minimum absolute atomic E-state index is 0.807. The summed E-state index contributed by atoms with van der Waals surface area (Å²) in [6.45, 7) is 0. The summed E-state index contributed by atoms with van der Waals surface area (Å²) >= 11 is 2.10. The molecule has 0 fully saturated rings. The van der Waals surface area contributed by atoms with Crippen LogP contribution in [-0.2, 0) is 0 Å². The van der Waals surface area contributed by atoms with E-state index in [-0.39, 0.29) is 0 Å². The van der Waals surface area contributed by atoms with Gasteiger partial charge >= 0.3 is 0 Å². The fourth-order valence-corrected chi connectivity index (χ4v) is 1.27. The zero-order valence-electron chi connectivity index (χ0n) is 5.58. The number of hydrogen-bond donors (Lipinski definition) is 0. The first kappa shape index (κ1) is 6.97. The van der Waals surface area contributed by atoms with Gasteiger partial charge in [-0.05, 0) is 34.7 Å². The van der Waals surface area contributed by atoms with Crippen molar-refractivity contribution in [1.82, 2.24) is 9.97 Å². The van der Waals surface area contributed by atoms with E-state index in [2.05, 4.69) is 38.8 Å². The molecule has 3 heteroatoms. The average molecular weight is 255 g/mol. The molecule has 0 unspecified atom stereocenters. The zero-order chi connectivity index (χ0) is 7.68. The van der Waals surface area contributed by atoms with E-state index in [9.17, 15) is 0 Å². The summed E-state index contributed by atoms with van der Waals surface area (Å²) in [7, 11) is 0. The van der Waals surface area contributed by atoms with Crippen molar-refractivity contribution in [3.8, 4) is 0 Å². The molecular formula is C8H4IN2. The fourth-order valence-electron chi connectivity index (χ4n) is 0.890. The van der Waals surface area contributed by atoms with E-state index in [0.29, 0.717) is 0 Å². The molecule has 2 nitrogen and oxygen atoms in total. The summed E-state index contributed by atoms with van der Waals surface area (Å²) in [5.74, 6) is 0. The van der Waals surface area contributed by atoms with Crippen LogP contribution in [0.25, 0.3) is 11.0 Å². The van der Waals surface area contributed by atoms with Crippen molar-refractivity contribution in [2.45, 2.75) is 0 Å². The molecule has 11 heavy (non-hydrogen) atoms. The van der Waals surface area contributed by atoms with Crippen LogP contribution in [0.4, 0.5) is 0 Å². The summed E-state index contributed by atoms with van der Waals surface area (Å²) in [5.41, 5.74) is 1.82. The van der Waals surface area contributed by atoms with Crippen molar-refractivity contribution in [3.05, 3.63) is 34.2 Å². The Hall–Kier alpha value is -0.710. The number of para-hydroxylation sites is 2. The summed E-state index contributed by atoms with van der Waals surface area (Å²) in [6, 6.07) is 7.76. The number of rotatable bonds is 0. The van der Waals surface area contributed by atoms with Gasteiger partial charge in [-0.25, -0.2) is 9.97 Å². The van der Waals surface area contributed by atoms with Crippen LogP contribution in [0.15, 0.2) is 24.3 Å². The molecule has 0 aliphatic rings. The molecule has 0 spiro atoms. The molecule has 1 heterocycles. The molecule has 0 bridgehead atoms. The predicted octanol–water partition coefficient (Wildman–Crippen LogP) is 2.03. The molecule has 0 saturated carbocycles. The SMILES string of the molecule is Ic1[c]nc2ccccc2n1. The Morgan fingerprint density at radius 3 is 2.73 bits per heavy atom. The van der Waals surface area contributed by atoms with Crippen molar-refractivity contribution in [2.24, 2.45) is 0 Å². The topological polar surface area (TPSA) is 25.8 Å². The van der Waals surface area contributed by atoms with Gasteiger partial charge in [-0.3, -0.25) is 0 Å². The molecule has 1 aromatic heterocycles. The second-order valence-corrected chi connectivity index (χ2v) is 3.14. The summed E-state index contributed by atoms with van der Waals surface area (Å²) < 4.78 is 0.807. The van der Waals surface area contributed by atoms with Crippen molar-refractivity contribution in [3.63, 3.8) is 0 Å². The zero-order valence-corrected chi connectivity index (χ0v) is 7.74. The molecule has 0 atom stereocenters. The number of fused-ring (bicyclic) bond motifs is 1. The quantitative estimate of drug-likeness (QED) is 0.673. The van der Waals surface area contributed by atoms with E-state index < -0.39 is 0 Å². The molecule has 1 aromatic carbocycles. The Balaban J connectivity index is 2.83. The standard InChI is InChI=1S/C8H4IN2/c9-8-5-10-6-3-1-2-4-7(6)11-8/h1-4H. The van der Waals surface area contributed by atoms with Crippen LogP contribution in [0, 0.1) is 9.90 Å². The van der Waals surface area contributed by atoms with Crippen LogP contribution in [0.3, 0.4) is 0 Å². The van der Waals surface area contributed by atoms with Crippen LogP contribution < -0.4 is 0 Å². The minimum Gasteiger partial charge on any atom is -0.242 e. The second-order valence-electron chi connectivity index (χ2n) is 2.11. The molecule has 0 saturated heterocycles. The lowest BCUT2D eigenvalue weighted by Gasteiger charge is -1.93. The lowest BCUT2D eigenvalue weighted by Crippen LogP contribution is -1.85. The monoisotopic (exact) mass is 255 g/mol. The van der Waals surface area contributed by atoms with Gasteiger partial charge in [0.05, 0.1) is 11.0 Å². The molecule has 2 rings (SSSR count). The number of nitrogens with zero attached hydrogens (tertiary/aromatic N) is 2.